The molecule has 1 N–H and O–H groups in total. The van der Waals surface area contributed by atoms with E-state index in [1.807, 2.05) is 0 Å². The van der Waals surface area contributed by atoms with Crippen molar-refractivity contribution in [2.45, 2.75) is 58.0 Å². The lowest BCUT2D eigenvalue weighted by molar-refractivity contribution is -0.132. The second-order valence-electron chi connectivity index (χ2n) is 7.86. The highest BCUT2D eigenvalue weighted by molar-refractivity contribution is 5.91. The van der Waals surface area contributed by atoms with E-state index in [9.17, 15) is 14.7 Å². The molecule has 0 spiro atoms. The molecule has 2 unspecified atom stereocenters. The van der Waals surface area contributed by atoms with Crippen molar-refractivity contribution < 1.29 is 14.7 Å². The van der Waals surface area contributed by atoms with Crippen molar-refractivity contribution in [1.29, 1.82) is 0 Å². The van der Waals surface area contributed by atoms with Crippen LogP contribution in [-0.2, 0) is 9.59 Å². The van der Waals surface area contributed by atoms with E-state index in [0.717, 1.165) is 44.1 Å². The Bertz CT molecular complexity index is 535. The minimum atomic E-state index is -0.460. The van der Waals surface area contributed by atoms with Gasteiger partial charge in [0.15, 0.2) is 5.78 Å². The van der Waals surface area contributed by atoms with Crippen molar-refractivity contribution in [3.8, 4) is 0 Å². The summed E-state index contributed by atoms with van der Waals surface area (Å²) in [5, 5.41) is 10.5. The van der Waals surface area contributed by atoms with Gasteiger partial charge in [-0.05, 0) is 67.4 Å². The molecule has 0 amide bonds. The molecule has 0 aromatic carbocycles. The maximum Gasteiger partial charge on any atom is 0.155 e. The van der Waals surface area contributed by atoms with Gasteiger partial charge in [0.25, 0.3) is 0 Å². The number of carbonyl (C=O) groups excluding carboxylic acids is 2. The lowest BCUT2D eigenvalue weighted by atomic mass is 9.52. The molecule has 114 valence electrons. The standard InChI is InChI=1S/C18H24O3/c1-18-7-6-12-11-3-2-10(19)8-14(11)16(20)9-13(12)15(18)4-5-17(18)21/h8,11-13,15-16,20H,2-7,9H2,1H3/t11-,12?,13-,15?,16-,18+/m1/s1. The fourth-order valence-corrected chi connectivity index (χ4v) is 5.95. The topological polar surface area (TPSA) is 54.4 Å². The van der Waals surface area contributed by atoms with Crippen molar-refractivity contribution in [3.05, 3.63) is 11.6 Å². The summed E-state index contributed by atoms with van der Waals surface area (Å²) in [4.78, 5) is 24.0. The third-order valence-corrected chi connectivity index (χ3v) is 7.06. The molecule has 0 bridgehead atoms. The first-order valence-electron chi connectivity index (χ1n) is 8.46. The quantitative estimate of drug-likeness (QED) is 0.745. The van der Waals surface area contributed by atoms with E-state index in [1.54, 1.807) is 6.08 Å². The number of rotatable bonds is 0. The predicted molar refractivity (Wildman–Crippen MR) is 78.5 cm³/mol. The predicted octanol–water partition coefficient (Wildman–Crippen LogP) is 2.67. The highest BCUT2D eigenvalue weighted by Gasteiger charge is 2.57. The van der Waals surface area contributed by atoms with Crippen LogP contribution >= 0.6 is 0 Å². The van der Waals surface area contributed by atoms with Crippen LogP contribution in [0.3, 0.4) is 0 Å². The second-order valence-corrected chi connectivity index (χ2v) is 7.86. The number of hydrogen-bond donors (Lipinski definition) is 1. The van der Waals surface area contributed by atoms with Gasteiger partial charge in [0.05, 0.1) is 6.10 Å². The highest BCUT2D eigenvalue weighted by atomic mass is 16.3. The fourth-order valence-electron chi connectivity index (χ4n) is 5.95. The van der Waals surface area contributed by atoms with Gasteiger partial charge in [0.2, 0.25) is 0 Å². The third kappa shape index (κ3) is 1.82. The van der Waals surface area contributed by atoms with Gasteiger partial charge in [-0.3, -0.25) is 9.59 Å². The van der Waals surface area contributed by atoms with Crippen LogP contribution < -0.4 is 0 Å². The Morgan fingerprint density at radius 3 is 2.76 bits per heavy atom. The summed E-state index contributed by atoms with van der Waals surface area (Å²) in [6.07, 6.45) is 7.39. The minimum absolute atomic E-state index is 0.132. The van der Waals surface area contributed by atoms with Gasteiger partial charge in [-0.25, -0.2) is 0 Å². The van der Waals surface area contributed by atoms with Gasteiger partial charge in [-0.15, -0.1) is 0 Å². The molecule has 3 saturated carbocycles. The molecule has 21 heavy (non-hydrogen) atoms. The smallest absolute Gasteiger partial charge is 0.155 e. The molecule has 0 saturated heterocycles. The fraction of sp³-hybridized carbons (Fsp3) is 0.778. The van der Waals surface area contributed by atoms with Crippen LogP contribution in [0.4, 0.5) is 0 Å². The van der Waals surface area contributed by atoms with Gasteiger partial charge in [0, 0.05) is 18.3 Å². The first-order valence-corrected chi connectivity index (χ1v) is 8.46. The number of aliphatic hydroxyl groups excluding tert-OH is 1. The number of aliphatic hydroxyl groups is 1. The Kier molecular flexibility index (Phi) is 2.94. The molecule has 4 aliphatic rings. The van der Waals surface area contributed by atoms with Crippen LogP contribution in [0.1, 0.15) is 51.9 Å². The van der Waals surface area contributed by atoms with Crippen molar-refractivity contribution in [1.82, 2.24) is 0 Å². The van der Waals surface area contributed by atoms with E-state index in [1.165, 1.54) is 0 Å². The lowest BCUT2D eigenvalue weighted by Crippen LogP contribution is -2.49. The summed E-state index contributed by atoms with van der Waals surface area (Å²) in [6, 6.07) is 0. The summed E-state index contributed by atoms with van der Waals surface area (Å²) in [7, 11) is 0. The van der Waals surface area contributed by atoms with Crippen LogP contribution in [-0.4, -0.2) is 22.8 Å². The van der Waals surface area contributed by atoms with Crippen molar-refractivity contribution in [2.75, 3.05) is 0 Å². The largest absolute Gasteiger partial charge is 0.389 e. The lowest BCUT2D eigenvalue weighted by Gasteiger charge is -2.53. The number of fused-ring (bicyclic) bond motifs is 5. The van der Waals surface area contributed by atoms with E-state index >= 15 is 0 Å². The molecule has 3 heteroatoms. The first-order chi connectivity index (χ1) is 10.0. The van der Waals surface area contributed by atoms with Crippen LogP contribution in [0.15, 0.2) is 11.6 Å². The third-order valence-electron chi connectivity index (χ3n) is 7.06. The number of hydrogen-bond acceptors (Lipinski definition) is 3. The molecule has 4 aliphatic carbocycles. The molecule has 3 fully saturated rings. The van der Waals surface area contributed by atoms with E-state index in [4.69, 9.17) is 0 Å². The molecular formula is C18H24O3. The Hall–Kier alpha value is -0.960. The van der Waals surface area contributed by atoms with E-state index in [-0.39, 0.29) is 11.2 Å². The maximum absolute atomic E-state index is 12.3. The average molecular weight is 288 g/mol. The van der Waals surface area contributed by atoms with E-state index in [0.29, 0.717) is 35.9 Å². The number of ketones is 2. The molecule has 0 heterocycles. The minimum Gasteiger partial charge on any atom is -0.389 e. The molecule has 3 nitrogen and oxygen atoms in total. The molecular weight excluding hydrogens is 264 g/mol. The zero-order chi connectivity index (χ0) is 14.8. The summed E-state index contributed by atoms with van der Waals surface area (Å²) >= 11 is 0. The summed E-state index contributed by atoms with van der Waals surface area (Å²) < 4.78 is 0. The number of Topliss-reactive ketones (excluding diaryl/α,β-unsaturated/α-hetero) is 1. The molecule has 4 rings (SSSR count). The molecule has 0 aliphatic heterocycles. The van der Waals surface area contributed by atoms with Crippen molar-refractivity contribution >= 4 is 11.6 Å². The monoisotopic (exact) mass is 288 g/mol. The maximum atomic E-state index is 12.3. The van der Waals surface area contributed by atoms with E-state index in [2.05, 4.69) is 6.92 Å². The van der Waals surface area contributed by atoms with E-state index < -0.39 is 6.10 Å². The Labute approximate surface area is 125 Å². The zero-order valence-corrected chi connectivity index (χ0v) is 12.7. The normalized spacial score (nSPS) is 49.2. The van der Waals surface area contributed by atoms with Crippen LogP contribution in [0.5, 0.6) is 0 Å². The second kappa shape index (κ2) is 4.52. The van der Waals surface area contributed by atoms with Crippen LogP contribution in [0.2, 0.25) is 0 Å². The summed E-state index contributed by atoms with van der Waals surface area (Å²) in [5.74, 6) is 2.52. The highest BCUT2D eigenvalue weighted by Crippen LogP contribution is 2.60. The zero-order valence-electron chi connectivity index (χ0n) is 12.7. The van der Waals surface area contributed by atoms with Gasteiger partial charge >= 0.3 is 0 Å². The van der Waals surface area contributed by atoms with Gasteiger partial charge in [-0.1, -0.05) is 6.92 Å². The Morgan fingerprint density at radius 1 is 1.14 bits per heavy atom. The molecule has 6 atom stereocenters. The molecule has 0 radical (unpaired) electrons. The van der Waals surface area contributed by atoms with Gasteiger partial charge < -0.3 is 5.11 Å². The summed E-state index contributed by atoms with van der Waals surface area (Å²) in [5.41, 5.74) is 0.868. The Balaban J connectivity index is 1.68. The van der Waals surface area contributed by atoms with Crippen molar-refractivity contribution in [3.63, 3.8) is 0 Å². The van der Waals surface area contributed by atoms with Gasteiger partial charge in [0.1, 0.15) is 5.78 Å². The Morgan fingerprint density at radius 2 is 1.95 bits per heavy atom. The first kappa shape index (κ1) is 13.7. The summed E-state index contributed by atoms with van der Waals surface area (Å²) in [6.45, 7) is 2.16. The van der Waals surface area contributed by atoms with Crippen LogP contribution in [0.25, 0.3) is 0 Å². The van der Waals surface area contributed by atoms with Crippen molar-refractivity contribution in [2.24, 2.45) is 29.1 Å². The number of carbonyl (C=O) groups is 2. The van der Waals surface area contributed by atoms with Gasteiger partial charge in [-0.2, -0.15) is 0 Å². The average Bonchev–Trinajstić information content (AvgIpc) is 2.76. The molecule has 0 aromatic heterocycles. The molecule has 0 aromatic rings. The van der Waals surface area contributed by atoms with Crippen LogP contribution in [0, 0.1) is 29.1 Å². The SMILES string of the molecule is C[C@]12CCC3[C@@H](C[C@@H](O)C4=CC(=O)CC[C@@H]43)C1CCC2=O.